The molecule has 0 bridgehead atoms. The summed E-state index contributed by atoms with van der Waals surface area (Å²) < 4.78 is 24.6. The van der Waals surface area contributed by atoms with Crippen molar-refractivity contribution >= 4 is 0 Å². The summed E-state index contributed by atoms with van der Waals surface area (Å²) in [5, 5.41) is 0. The summed E-state index contributed by atoms with van der Waals surface area (Å²) in [5.41, 5.74) is 6.78. The van der Waals surface area contributed by atoms with Crippen LogP contribution in [-0.2, 0) is 4.74 Å². The van der Waals surface area contributed by atoms with Crippen molar-refractivity contribution in [3.8, 4) is 5.75 Å². The number of ether oxygens (including phenoxy) is 2. The lowest BCUT2D eigenvalue weighted by Crippen LogP contribution is -2.41. The molecule has 1 aromatic carbocycles. The van der Waals surface area contributed by atoms with Crippen molar-refractivity contribution in [1.82, 2.24) is 0 Å². The van der Waals surface area contributed by atoms with Gasteiger partial charge in [0.05, 0.1) is 18.8 Å². The van der Waals surface area contributed by atoms with Crippen LogP contribution >= 0.6 is 0 Å². The number of halogens is 1. The molecule has 0 amide bonds. The van der Waals surface area contributed by atoms with E-state index in [0.29, 0.717) is 6.61 Å². The Morgan fingerprint density at radius 3 is 2.58 bits per heavy atom. The average Bonchev–Trinajstić information content (AvgIpc) is 2.88. The Hall–Kier alpha value is -1.13. The number of hydrogen-bond acceptors (Lipinski definition) is 3. The third kappa shape index (κ3) is 2.74. The molecule has 3 nitrogen and oxygen atoms in total. The molecule has 19 heavy (non-hydrogen) atoms. The zero-order valence-corrected chi connectivity index (χ0v) is 11.6. The molecule has 2 N–H and O–H groups in total. The van der Waals surface area contributed by atoms with E-state index in [1.54, 1.807) is 6.07 Å². The van der Waals surface area contributed by atoms with E-state index in [2.05, 4.69) is 0 Å². The largest absolute Gasteiger partial charge is 0.494 e. The molecule has 2 rings (SSSR count). The van der Waals surface area contributed by atoms with Crippen LogP contribution in [0.1, 0.15) is 44.2 Å². The Bertz CT molecular complexity index is 430. The third-order valence-corrected chi connectivity index (χ3v) is 3.98. The van der Waals surface area contributed by atoms with Gasteiger partial charge in [0.25, 0.3) is 0 Å². The van der Waals surface area contributed by atoms with Crippen LogP contribution in [0.3, 0.4) is 0 Å². The van der Waals surface area contributed by atoms with Gasteiger partial charge in [0.1, 0.15) is 0 Å². The highest BCUT2D eigenvalue weighted by molar-refractivity contribution is 5.32. The number of benzene rings is 1. The maximum Gasteiger partial charge on any atom is 0.165 e. The molecule has 0 heterocycles. The van der Waals surface area contributed by atoms with Crippen LogP contribution in [0.4, 0.5) is 4.39 Å². The fourth-order valence-corrected chi connectivity index (χ4v) is 2.99. The van der Waals surface area contributed by atoms with Gasteiger partial charge in [-0.2, -0.15) is 0 Å². The molecule has 0 aromatic heterocycles. The summed E-state index contributed by atoms with van der Waals surface area (Å²) >= 11 is 0. The van der Waals surface area contributed by atoms with Gasteiger partial charge in [0, 0.05) is 6.61 Å². The second-order valence-electron chi connectivity index (χ2n) is 5.08. The zero-order chi connectivity index (χ0) is 13.9. The fourth-order valence-electron chi connectivity index (χ4n) is 2.99. The van der Waals surface area contributed by atoms with Crippen LogP contribution in [0.5, 0.6) is 5.75 Å². The minimum atomic E-state index is -0.375. The van der Waals surface area contributed by atoms with Gasteiger partial charge < -0.3 is 15.2 Å². The van der Waals surface area contributed by atoms with E-state index in [4.69, 9.17) is 15.2 Å². The Balaban J connectivity index is 2.26. The molecule has 0 spiro atoms. The highest BCUT2D eigenvalue weighted by Crippen LogP contribution is 2.42. The highest BCUT2D eigenvalue weighted by Gasteiger charge is 2.41. The molecule has 106 valence electrons. The van der Waals surface area contributed by atoms with E-state index in [-0.39, 0.29) is 23.2 Å². The molecule has 1 aliphatic carbocycles. The van der Waals surface area contributed by atoms with Crippen LogP contribution in [0.15, 0.2) is 18.2 Å². The number of hydrogen-bond donors (Lipinski definition) is 1. The zero-order valence-electron chi connectivity index (χ0n) is 11.6. The molecular weight excluding hydrogens is 245 g/mol. The SMILES string of the molecule is CCOC1(C(N)c2ccc(OC)c(F)c2)CCCC1. The van der Waals surface area contributed by atoms with Gasteiger partial charge in [0.15, 0.2) is 11.6 Å². The first-order valence-corrected chi connectivity index (χ1v) is 6.86. The molecule has 1 atom stereocenters. The Labute approximate surface area is 113 Å². The maximum absolute atomic E-state index is 13.8. The smallest absolute Gasteiger partial charge is 0.165 e. The van der Waals surface area contributed by atoms with Gasteiger partial charge in [-0.15, -0.1) is 0 Å². The lowest BCUT2D eigenvalue weighted by molar-refractivity contribution is -0.0537. The van der Waals surface area contributed by atoms with E-state index in [1.807, 2.05) is 13.0 Å². The van der Waals surface area contributed by atoms with Crippen LogP contribution in [0.2, 0.25) is 0 Å². The minimum absolute atomic E-state index is 0.243. The summed E-state index contributed by atoms with van der Waals surface area (Å²) in [7, 11) is 1.46. The maximum atomic E-state index is 13.8. The summed E-state index contributed by atoms with van der Waals surface area (Å²) in [5.74, 6) is -0.132. The van der Waals surface area contributed by atoms with E-state index in [1.165, 1.54) is 13.2 Å². The standard InChI is InChI=1S/C15H22FNO2/c1-3-19-15(8-4-5-9-15)14(17)11-6-7-13(18-2)12(16)10-11/h6-7,10,14H,3-5,8-9,17H2,1-2H3. The molecule has 0 aliphatic heterocycles. The van der Waals surface area contributed by atoms with Crippen molar-refractivity contribution in [3.63, 3.8) is 0 Å². The predicted molar refractivity (Wildman–Crippen MR) is 72.7 cm³/mol. The van der Waals surface area contributed by atoms with Gasteiger partial charge in [0.2, 0.25) is 0 Å². The second-order valence-corrected chi connectivity index (χ2v) is 5.08. The number of methoxy groups -OCH3 is 1. The Morgan fingerprint density at radius 2 is 2.05 bits per heavy atom. The molecule has 1 saturated carbocycles. The van der Waals surface area contributed by atoms with E-state index >= 15 is 0 Å². The summed E-state index contributed by atoms with van der Waals surface area (Å²) in [4.78, 5) is 0. The first-order chi connectivity index (χ1) is 9.13. The van der Waals surface area contributed by atoms with Crippen molar-refractivity contribution in [3.05, 3.63) is 29.6 Å². The lowest BCUT2D eigenvalue weighted by atomic mass is 9.87. The average molecular weight is 267 g/mol. The second kappa shape index (κ2) is 5.88. The molecule has 4 heteroatoms. The van der Waals surface area contributed by atoms with Crippen LogP contribution in [0.25, 0.3) is 0 Å². The van der Waals surface area contributed by atoms with Crippen LogP contribution in [-0.4, -0.2) is 19.3 Å². The van der Waals surface area contributed by atoms with Crippen molar-refractivity contribution in [1.29, 1.82) is 0 Å². The van der Waals surface area contributed by atoms with Gasteiger partial charge in [-0.05, 0) is 37.5 Å². The summed E-state index contributed by atoms with van der Waals surface area (Å²) in [6.45, 7) is 2.60. The number of nitrogens with two attached hydrogens (primary N) is 1. The normalized spacial score (nSPS) is 19.4. The molecule has 0 saturated heterocycles. The van der Waals surface area contributed by atoms with Crippen molar-refractivity contribution < 1.29 is 13.9 Å². The first kappa shape index (κ1) is 14.3. The Morgan fingerprint density at radius 1 is 1.37 bits per heavy atom. The monoisotopic (exact) mass is 267 g/mol. The molecule has 1 fully saturated rings. The Kier molecular flexibility index (Phi) is 4.42. The fraction of sp³-hybridized carbons (Fsp3) is 0.600. The molecule has 1 aliphatic rings. The van der Waals surface area contributed by atoms with Gasteiger partial charge in [-0.25, -0.2) is 4.39 Å². The topological polar surface area (TPSA) is 44.5 Å². The van der Waals surface area contributed by atoms with Gasteiger partial charge in [-0.1, -0.05) is 18.9 Å². The van der Waals surface area contributed by atoms with E-state index in [0.717, 1.165) is 31.2 Å². The quantitative estimate of drug-likeness (QED) is 0.891. The molecule has 1 unspecified atom stereocenters. The third-order valence-electron chi connectivity index (χ3n) is 3.98. The van der Waals surface area contributed by atoms with Crippen molar-refractivity contribution in [2.45, 2.75) is 44.2 Å². The number of rotatable bonds is 5. The first-order valence-electron chi connectivity index (χ1n) is 6.86. The van der Waals surface area contributed by atoms with Crippen molar-refractivity contribution in [2.24, 2.45) is 5.73 Å². The molecular formula is C15H22FNO2. The lowest BCUT2D eigenvalue weighted by Gasteiger charge is -2.35. The highest BCUT2D eigenvalue weighted by atomic mass is 19.1. The predicted octanol–water partition coefficient (Wildman–Crippen LogP) is 3.18. The van der Waals surface area contributed by atoms with Gasteiger partial charge in [-0.3, -0.25) is 0 Å². The van der Waals surface area contributed by atoms with E-state index in [9.17, 15) is 4.39 Å². The summed E-state index contributed by atoms with van der Waals surface area (Å²) in [6, 6.07) is 4.61. The molecule has 0 radical (unpaired) electrons. The summed E-state index contributed by atoms with van der Waals surface area (Å²) in [6.07, 6.45) is 4.12. The van der Waals surface area contributed by atoms with Crippen LogP contribution in [0, 0.1) is 5.82 Å². The van der Waals surface area contributed by atoms with Gasteiger partial charge >= 0.3 is 0 Å². The van der Waals surface area contributed by atoms with Crippen molar-refractivity contribution in [2.75, 3.05) is 13.7 Å². The molecule has 1 aromatic rings. The minimum Gasteiger partial charge on any atom is -0.494 e. The van der Waals surface area contributed by atoms with E-state index < -0.39 is 0 Å². The van der Waals surface area contributed by atoms with Crippen LogP contribution < -0.4 is 10.5 Å².